The third kappa shape index (κ3) is 3.38. The van der Waals surface area contributed by atoms with Crippen LogP contribution in [0, 0.1) is 34.5 Å². The Bertz CT molecular complexity index is 845. The van der Waals surface area contributed by atoms with Crippen molar-refractivity contribution in [2.45, 2.75) is 77.4 Å². The van der Waals surface area contributed by atoms with Crippen molar-refractivity contribution in [1.82, 2.24) is 0 Å². The van der Waals surface area contributed by atoms with Crippen LogP contribution in [0.4, 0.5) is 5.69 Å². The number of aliphatic hydroxyl groups is 2. The normalized spacial score (nSPS) is 45.7. The van der Waals surface area contributed by atoms with Crippen LogP contribution < -0.4 is 4.90 Å². The van der Waals surface area contributed by atoms with Gasteiger partial charge in [-0.2, -0.15) is 0 Å². The molecule has 3 nitrogen and oxygen atoms in total. The number of aliphatic hydroxyl groups excluding tert-OH is 2. The lowest BCUT2D eigenvalue weighted by molar-refractivity contribution is -0.133. The minimum absolute atomic E-state index is 0.0218. The van der Waals surface area contributed by atoms with Crippen molar-refractivity contribution in [2.24, 2.45) is 34.5 Å². The molecule has 1 aromatic rings. The maximum absolute atomic E-state index is 11.5. The Morgan fingerprint density at radius 3 is 2.32 bits per heavy atom. The highest BCUT2D eigenvalue weighted by atomic mass is 16.3. The van der Waals surface area contributed by atoms with Gasteiger partial charge in [0.15, 0.2) is 0 Å². The number of fused-ring (bicyclic) bond motifs is 5. The molecule has 0 amide bonds. The molecule has 0 radical (unpaired) electrons. The van der Waals surface area contributed by atoms with Crippen LogP contribution in [0.25, 0.3) is 6.08 Å². The molecule has 4 saturated carbocycles. The van der Waals surface area contributed by atoms with Gasteiger partial charge in [0.25, 0.3) is 0 Å². The highest BCUT2D eigenvalue weighted by Gasteiger charge is 2.61. The van der Waals surface area contributed by atoms with E-state index in [4.69, 9.17) is 0 Å². The van der Waals surface area contributed by atoms with E-state index in [0.29, 0.717) is 17.3 Å². The third-order valence-electron chi connectivity index (χ3n) is 10.3. The molecule has 4 fully saturated rings. The topological polar surface area (TPSA) is 43.7 Å². The molecule has 0 heterocycles. The second-order valence-corrected chi connectivity index (χ2v) is 11.9. The van der Waals surface area contributed by atoms with E-state index in [0.717, 1.165) is 37.5 Å². The zero-order valence-corrected chi connectivity index (χ0v) is 19.8. The quantitative estimate of drug-likeness (QED) is 0.659. The molecule has 8 unspecified atom stereocenters. The predicted octanol–water partition coefficient (Wildman–Crippen LogP) is 5.51. The molecule has 4 aliphatic rings. The Morgan fingerprint density at radius 2 is 1.61 bits per heavy atom. The SMILES string of the molecule is CN(C)c1ccc(/C=C2\CC3C4CCC5CC(O)CCC5(C)C4CCC3(C)C2O)cc1. The highest BCUT2D eigenvalue weighted by molar-refractivity contribution is 5.59. The van der Waals surface area contributed by atoms with Crippen LogP contribution in [-0.2, 0) is 0 Å². The average molecular weight is 424 g/mol. The Balaban J connectivity index is 1.40. The number of nitrogens with zero attached hydrogens (tertiary/aromatic N) is 1. The fourth-order valence-corrected chi connectivity index (χ4v) is 8.32. The molecular formula is C28H41NO2. The molecule has 31 heavy (non-hydrogen) atoms. The first-order chi connectivity index (χ1) is 14.7. The standard InChI is InChI=1S/C28H41NO2/c1-27-13-11-22(30)17-20(27)7-10-23-24(27)12-14-28(2)25(23)16-19(26(28)31)15-18-5-8-21(9-6-18)29(3)4/h5-6,8-9,15,20,22-26,30-31H,7,10-14,16-17H2,1-4H3/b19-15+. The van der Waals surface area contributed by atoms with E-state index in [-0.39, 0.29) is 17.6 Å². The van der Waals surface area contributed by atoms with Crippen molar-refractivity contribution in [2.75, 3.05) is 19.0 Å². The fraction of sp³-hybridized carbons (Fsp3) is 0.714. The Morgan fingerprint density at radius 1 is 0.903 bits per heavy atom. The molecule has 0 saturated heterocycles. The Hall–Kier alpha value is -1.32. The summed E-state index contributed by atoms with van der Waals surface area (Å²) in [6.45, 7) is 4.91. The van der Waals surface area contributed by atoms with E-state index in [1.54, 1.807) is 0 Å². The second-order valence-electron chi connectivity index (χ2n) is 11.9. The van der Waals surface area contributed by atoms with Crippen LogP contribution >= 0.6 is 0 Å². The van der Waals surface area contributed by atoms with Crippen molar-refractivity contribution < 1.29 is 10.2 Å². The van der Waals surface area contributed by atoms with Crippen molar-refractivity contribution >= 4 is 11.8 Å². The first kappa shape index (κ1) is 21.5. The third-order valence-corrected chi connectivity index (χ3v) is 10.3. The predicted molar refractivity (Wildman–Crippen MR) is 128 cm³/mol. The van der Waals surface area contributed by atoms with Crippen LogP contribution in [0.15, 0.2) is 29.8 Å². The van der Waals surface area contributed by atoms with Crippen LogP contribution in [0.5, 0.6) is 0 Å². The van der Waals surface area contributed by atoms with Gasteiger partial charge in [0.1, 0.15) is 0 Å². The molecular weight excluding hydrogens is 382 g/mol. The van der Waals surface area contributed by atoms with Gasteiger partial charge < -0.3 is 15.1 Å². The van der Waals surface area contributed by atoms with Gasteiger partial charge in [0.2, 0.25) is 0 Å². The lowest BCUT2D eigenvalue weighted by Crippen LogP contribution is -2.54. The summed E-state index contributed by atoms with van der Waals surface area (Å²) in [6.07, 6.45) is 11.1. The van der Waals surface area contributed by atoms with Crippen LogP contribution in [-0.4, -0.2) is 36.5 Å². The van der Waals surface area contributed by atoms with E-state index in [9.17, 15) is 10.2 Å². The Kier molecular flexibility index (Phi) is 5.29. The summed E-state index contributed by atoms with van der Waals surface area (Å²) < 4.78 is 0. The Labute approximate surface area is 188 Å². The fourth-order valence-electron chi connectivity index (χ4n) is 8.32. The van der Waals surface area contributed by atoms with E-state index in [1.807, 2.05) is 0 Å². The minimum Gasteiger partial charge on any atom is -0.393 e. The molecule has 0 aliphatic heterocycles. The van der Waals surface area contributed by atoms with Gasteiger partial charge >= 0.3 is 0 Å². The summed E-state index contributed by atoms with van der Waals surface area (Å²) in [7, 11) is 4.14. The molecule has 8 atom stereocenters. The van der Waals surface area contributed by atoms with Gasteiger partial charge in [0, 0.05) is 25.2 Å². The van der Waals surface area contributed by atoms with Crippen LogP contribution in [0.1, 0.15) is 70.8 Å². The van der Waals surface area contributed by atoms with Crippen molar-refractivity contribution in [1.29, 1.82) is 0 Å². The van der Waals surface area contributed by atoms with Gasteiger partial charge in [-0.3, -0.25) is 0 Å². The van der Waals surface area contributed by atoms with Crippen molar-refractivity contribution in [3.05, 3.63) is 35.4 Å². The zero-order chi connectivity index (χ0) is 22.0. The minimum atomic E-state index is -0.314. The summed E-state index contributed by atoms with van der Waals surface area (Å²) >= 11 is 0. The molecule has 1 aromatic carbocycles. The van der Waals surface area contributed by atoms with E-state index in [2.05, 4.69) is 63.2 Å². The van der Waals surface area contributed by atoms with Gasteiger partial charge in [-0.05, 0) is 104 Å². The lowest BCUT2D eigenvalue weighted by atomic mass is 9.45. The first-order valence-electron chi connectivity index (χ1n) is 12.6. The summed E-state index contributed by atoms with van der Waals surface area (Å²) in [5, 5.41) is 21.7. The molecule has 170 valence electrons. The van der Waals surface area contributed by atoms with Crippen molar-refractivity contribution in [3.8, 4) is 0 Å². The summed E-state index contributed by atoms with van der Waals surface area (Å²) in [5.41, 5.74) is 4.07. The molecule has 0 spiro atoms. The lowest BCUT2D eigenvalue weighted by Gasteiger charge is -2.60. The molecule has 4 aliphatic carbocycles. The van der Waals surface area contributed by atoms with Crippen LogP contribution in [0.3, 0.4) is 0 Å². The first-order valence-corrected chi connectivity index (χ1v) is 12.6. The number of rotatable bonds is 2. The van der Waals surface area contributed by atoms with E-state index in [1.165, 1.54) is 42.5 Å². The summed E-state index contributed by atoms with van der Waals surface area (Å²) in [6, 6.07) is 8.69. The average Bonchev–Trinajstić information content (AvgIpc) is 2.99. The van der Waals surface area contributed by atoms with E-state index < -0.39 is 0 Å². The number of hydrogen-bond acceptors (Lipinski definition) is 3. The molecule has 3 heteroatoms. The number of anilines is 1. The van der Waals surface area contributed by atoms with Crippen molar-refractivity contribution in [3.63, 3.8) is 0 Å². The smallest absolute Gasteiger partial charge is 0.0809 e. The maximum Gasteiger partial charge on any atom is 0.0809 e. The second kappa shape index (κ2) is 7.63. The summed E-state index contributed by atoms with van der Waals surface area (Å²) in [5.74, 6) is 2.78. The summed E-state index contributed by atoms with van der Waals surface area (Å²) in [4.78, 5) is 2.12. The van der Waals surface area contributed by atoms with Gasteiger partial charge in [0.05, 0.1) is 12.2 Å². The number of benzene rings is 1. The molecule has 0 aromatic heterocycles. The molecule has 0 bridgehead atoms. The number of hydrogen-bond donors (Lipinski definition) is 2. The van der Waals surface area contributed by atoms with Gasteiger partial charge in [-0.1, -0.05) is 32.1 Å². The largest absolute Gasteiger partial charge is 0.393 e. The molecule has 2 N–H and O–H groups in total. The highest BCUT2D eigenvalue weighted by Crippen LogP contribution is 2.67. The zero-order valence-electron chi connectivity index (χ0n) is 19.8. The maximum atomic E-state index is 11.5. The van der Waals surface area contributed by atoms with Crippen LogP contribution in [0.2, 0.25) is 0 Å². The monoisotopic (exact) mass is 423 g/mol. The van der Waals surface area contributed by atoms with Gasteiger partial charge in [-0.15, -0.1) is 0 Å². The van der Waals surface area contributed by atoms with E-state index >= 15 is 0 Å². The van der Waals surface area contributed by atoms with Gasteiger partial charge in [-0.25, -0.2) is 0 Å². The molecule has 5 rings (SSSR count).